The van der Waals surface area contributed by atoms with Crippen molar-refractivity contribution in [1.29, 1.82) is 0 Å². The first-order valence-corrected chi connectivity index (χ1v) is 8.93. The van der Waals surface area contributed by atoms with Crippen LogP contribution in [0.3, 0.4) is 0 Å². The summed E-state index contributed by atoms with van der Waals surface area (Å²) in [5.41, 5.74) is 0.893. The minimum Gasteiger partial charge on any atom is -0.478 e. The highest BCUT2D eigenvalue weighted by atomic mass is 32.2. The first kappa shape index (κ1) is 17.9. The summed E-state index contributed by atoms with van der Waals surface area (Å²) in [4.78, 5) is 25.7. The zero-order valence-electron chi connectivity index (χ0n) is 13.7. The number of aryl methyl sites for hydroxylation is 1. The highest BCUT2D eigenvalue weighted by molar-refractivity contribution is 7.84. The number of furan rings is 1. The zero-order valence-corrected chi connectivity index (χ0v) is 14.6. The van der Waals surface area contributed by atoms with E-state index in [4.69, 9.17) is 9.52 Å². The van der Waals surface area contributed by atoms with E-state index in [1.165, 1.54) is 11.0 Å². The monoisotopic (exact) mass is 349 g/mol. The molecule has 1 unspecified atom stereocenters. The molecular formula is C17H19NO5S. The van der Waals surface area contributed by atoms with Gasteiger partial charge < -0.3 is 14.4 Å². The Labute approximate surface area is 142 Å². The van der Waals surface area contributed by atoms with E-state index in [2.05, 4.69) is 0 Å². The number of hydrogen-bond acceptors (Lipinski definition) is 4. The molecule has 0 radical (unpaired) electrons. The van der Waals surface area contributed by atoms with Crippen LogP contribution >= 0.6 is 0 Å². The summed E-state index contributed by atoms with van der Waals surface area (Å²) in [5.74, 6) is -1.20. The highest BCUT2D eigenvalue weighted by Crippen LogP contribution is 2.19. The number of aromatic carboxylic acids is 1. The molecular weight excluding hydrogens is 330 g/mol. The molecule has 2 rings (SSSR count). The second kappa shape index (κ2) is 7.44. The van der Waals surface area contributed by atoms with E-state index in [-0.39, 0.29) is 23.0 Å². The Morgan fingerprint density at radius 2 is 1.88 bits per heavy atom. The van der Waals surface area contributed by atoms with Crippen molar-refractivity contribution in [2.45, 2.75) is 24.8 Å². The third-order valence-electron chi connectivity index (χ3n) is 3.59. The highest BCUT2D eigenvalue weighted by Gasteiger charge is 2.22. The van der Waals surface area contributed by atoms with E-state index >= 15 is 0 Å². The zero-order chi connectivity index (χ0) is 17.9. The normalized spacial score (nSPS) is 12.0. The Morgan fingerprint density at radius 1 is 1.25 bits per heavy atom. The molecule has 0 spiro atoms. The van der Waals surface area contributed by atoms with Crippen LogP contribution in [0.25, 0.3) is 0 Å². The van der Waals surface area contributed by atoms with E-state index in [0.29, 0.717) is 13.0 Å². The molecule has 0 bridgehead atoms. The van der Waals surface area contributed by atoms with Gasteiger partial charge in [-0.2, -0.15) is 0 Å². The summed E-state index contributed by atoms with van der Waals surface area (Å²) < 4.78 is 16.8. The minimum absolute atomic E-state index is 0.0121. The van der Waals surface area contributed by atoms with Crippen LogP contribution in [0.15, 0.2) is 39.6 Å². The van der Waals surface area contributed by atoms with E-state index in [9.17, 15) is 13.8 Å². The SMILES string of the molecule is CCc1oc(C(=O)N(C)Cc2ccc(S(C)=O)cc2)cc1C(=O)O. The van der Waals surface area contributed by atoms with E-state index < -0.39 is 16.8 Å². The van der Waals surface area contributed by atoms with Crippen molar-refractivity contribution in [1.82, 2.24) is 4.90 Å². The van der Waals surface area contributed by atoms with Crippen molar-refractivity contribution in [3.8, 4) is 0 Å². The Bertz CT molecular complexity index is 779. The first-order valence-electron chi connectivity index (χ1n) is 7.37. The number of carboxylic acid groups (broad SMARTS) is 1. The second-order valence-electron chi connectivity index (χ2n) is 5.37. The molecule has 128 valence electrons. The maximum absolute atomic E-state index is 12.4. The van der Waals surface area contributed by atoms with Gasteiger partial charge in [-0.1, -0.05) is 19.1 Å². The average Bonchev–Trinajstić information content (AvgIpc) is 2.99. The number of rotatable bonds is 6. The third kappa shape index (κ3) is 3.91. The van der Waals surface area contributed by atoms with E-state index in [0.717, 1.165) is 10.5 Å². The molecule has 1 atom stereocenters. The lowest BCUT2D eigenvalue weighted by molar-refractivity contribution is 0.0693. The summed E-state index contributed by atoms with van der Waals surface area (Å²) in [7, 11) is 0.569. The number of hydrogen-bond donors (Lipinski definition) is 1. The molecule has 1 aromatic carbocycles. The second-order valence-corrected chi connectivity index (χ2v) is 6.75. The largest absolute Gasteiger partial charge is 0.478 e. The van der Waals surface area contributed by atoms with Gasteiger partial charge in [-0.15, -0.1) is 0 Å². The molecule has 24 heavy (non-hydrogen) atoms. The molecule has 2 aromatic rings. The van der Waals surface area contributed by atoms with Crippen molar-refractivity contribution in [2.75, 3.05) is 13.3 Å². The fraction of sp³-hybridized carbons (Fsp3) is 0.294. The summed E-state index contributed by atoms with van der Waals surface area (Å²) >= 11 is 0. The van der Waals surface area contributed by atoms with E-state index in [1.54, 1.807) is 32.4 Å². The van der Waals surface area contributed by atoms with Crippen LogP contribution in [0.1, 0.15) is 39.2 Å². The van der Waals surface area contributed by atoms with Gasteiger partial charge in [-0.25, -0.2) is 4.79 Å². The molecule has 0 aliphatic heterocycles. The molecule has 0 aliphatic carbocycles. The molecule has 7 heteroatoms. The molecule has 6 nitrogen and oxygen atoms in total. The third-order valence-corrected chi connectivity index (χ3v) is 4.53. The fourth-order valence-electron chi connectivity index (χ4n) is 2.30. The van der Waals surface area contributed by atoms with Crippen LogP contribution in [0, 0.1) is 0 Å². The Balaban J connectivity index is 2.14. The topological polar surface area (TPSA) is 87.8 Å². The standard InChI is InChI=1S/C17H19NO5S/c1-4-14-13(17(20)21)9-15(23-14)16(19)18(2)10-11-5-7-12(8-6-11)24(3)22/h5-9H,4,10H2,1-3H3,(H,20,21). The quantitative estimate of drug-likeness (QED) is 0.866. The van der Waals surface area contributed by atoms with Crippen LogP contribution in [0.5, 0.6) is 0 Å². The number of amides is 1. The van der Waals surface area contributed by atoms with Gasteiger partial charge in [0, 0.05) is 48.0 Å². The van der Waals surface area contributed by atoms with E-state index in [1.807, 2.05) is 12.1 Å². The van der Waals surface area contributed by atoms with Crippen molar-refractivity contribution >= 4 is 22.7 Å². The van der Waals surface area contributed by atoms with Crippen molar-refractivity contribution in [3.05, 3.63) is 53.0 Å². The van der Waals surface area contributed by atoms with Gasteiger partial charge in [-0.3, -0.25) is 9.00 Å². The predicted octanol–water partition coefficient (Wildman–Crippen LogP) is 2.55. The molecule has 0 aliphatic rings. The molecule has 1 amide bonds. The molecule has 0 fully saturated rings. The number of carbonyl (C=O) groups excluding carboxylic acids is 1. The van der Waals surface area contributed by atoms with Crippen LogP contribution < -0.4 is 0 Å². The van der Waals surface area contributed by atoms with Crippen molar-refractivity contribution in [3.63, 3.8) is 0 Å². The fourth-order valence-corrected chi connectivity index (χ4v) is 2.82. The molecule has 1 aromatic heterocycles. The van der Waals surface area contributed by atoms with Crippen molar-refractivity contribution in [2.24, 2.45) is 0 Å². The van der Waals surface area contributed by atoms with Gasteiger partial charge in [-0.05, 0) is 17.7 Å². The predicted molar refractivity (Wildman–Crippen MR) is 89.6 cm³/mol. The maximum atomic E-state index is 12.4. The maximum Gasteiger partial charge on any atom is 0.339 e. The first-order chi connectivity index (χ1) is 11.3. The van der Waals surface area contributed by atoms with Crippen LogP contribution in [-0.4, -0.2) is 39.4 Å². The average molecular weight is 349 g/mol. The van der Waals surface area contributed by atoms with Gasteiger partial charge in [0.15, 0.2) is 5.76 Å². The summed E-state index contributed by atoms with van der Waals surface area (Å²) in [5, 5.41) is 9.13. The van der Waals surface area contributed by atoms with Crippen LogP contribution in [0.4, 0.5) is 0 Å². The number of nitrogens with zero attached hydrogens (tertiary/aromatic N) is 1. The van der Waals surface area contributed by atoms with Gasteiger partial charge in [0.05, 0.1) is 0 Å². The van der Waals surface area contributed by atoms with Crippen molar-refractivity contribution < 1.29 is 23.3 Å². The molecule has 1 heterocycles. The lowest BCUT2D eigenvalue weighted by atomic mass is 10.2. The summed E-state index contributed by atoms with van der Waals surface area (Å²) in [6.45, 7) is 2.10. The van der Waals surface area contributed by atoms with Gasteiger partial charge in [0.1, 0.15) is 11.3 Å². The van der Waals surface area contributed by atoms with Gasteiger partial charge in [0.2, 0.25) is 0 Å². The Hall–Kier alpha value is -2.41. The smallest absolute Gasteiger partial charge is 0.339 e. The van der Waals surface area contributed by atoms with Gasteiger partial charge in [0.25, 0.3) is 5.91 Å². The number of carboxylic acids is 1. The van der Waals surface area contributed by atoms with Crippen LogP contribution in [0.2, 0.25) is 0 Å². The molecule has 1 N–H and O–H groups in total. The Morgan fingerprint density at radius 3 is 2.33 bits per heavy atom. The molecule has 0 saturated heterocycles. The number of benzene rings is 1. The lowest BCUT2D eigenvalue weighted by Crippen LogP contribution is -2.25. The summed E-state index contributed by atoms with van der Waals surface area (Å²) in [6, 6.07) is 8.40. The minimum atomic E-state index is -1.11. The number of carbonyl (C=O) groups is 2. The van der Waals surface area contributed by atoms with Gasteiger partial charge >= 0.3 is 5.97 Å². The Kier molecular flexibility index (Phi) is 5.56. The summed E-state index contributed by atoms with van der Waals surface area (Å²) in [6.07, 6.45) is 2.00. The van der Waals surface area contributed by atoms with Crippen LogP contribution in [-0.2, 0) is 23.8 Å². The molecule has 0 saturated carbocycles. The lowest BCUT2D eigenvalue weighted by Gasteiger charge is -2.16.